The van der Waals surface area contributed by atoms with Crippen LogP contribution in [0.2, 0.25) is 0 Å². The van der Waals surface area contributed by atoms with Crippen LogP contribution in [0, 0.1) is 6.92 Å². The number of hydrogen-bond donors (Lipinski definition) is 1. The van der Waals surface area contributed by atoms with E-state index >= 15 is 0 Å². The second-order valence-electron chi connectivity index (χ2n) is 4.93. The van der Waals surface area contributed by atoms with Gasteiger partial charge in [0.05, 0.1) is 10.6 Å². The first kappa shape index (κ1) is 12.6. The summed E-state index contributed by atoms with van der Waals surface area (Å²) in [6, 6.07) is 12.5. The van der Waals surface area contributed by atoms with Gasteiger partial charge in [0.1, 0.15) is 11.5 Å². The van der Waals surface area contributed by atoms with E-state index in [0.717, 1.165) is 21.9 Å². The van der Waals surface area contributed by atoms with Crippen molar-refractivity contribution < 1.29 is 0 Å². The summed E-state index contributed by atoms with van der Waals surface area (Å²) in [4.78, 5) is 6.85. The van der Waals surface area contributed by atoms with E-state index in [1.165, 1.54) is 10.4 Å². The number of rotatable bonds is 2. The van der Waals surface area contributed by atoms with Gasteiger partial charge >= 0.3 is 0 Å². The molecule has 0 fully saturated rings. The highest BCUT2D eigenvalue weighted by molar-refractivity contribution is 7.17. The van der Waals surface area contributed by atoms with Gasteiger partial charge in [0.25, 0.3) is 0 Å². The fourth-order valence-corrected chi connectivity index (χ4v) is 4.10. The Balaban J connectivity index is 1.93. The molecule has 3 aromatic heterocycles. The van der Waals surface area contributed by atoms with E-state index < -0.39 is 0 Å². The van der Waals surface area contributed by atoms with Crippen LogP contribution in [-0.2, 0) is 0 Å². The smallest absolute Gasteiger partial charge is 0.196 e. The molecule has 0 amide bonds. The molecule has 0 atom stereocenters. The van der Waals surface area contributed by atoms with Crippen molar-refractivity contribution in [1.82, 2.24) is 9.38 Å². The molecule has 0 radical (unpaired) electrons. The molecule has 0 aliphatic rings. The van der Waals surface area contributed by atoms with Crippen molar-refractivity contribution in [2.45, 2.75) is 6.92 Å². The molecule has 2 N–H and O–H groups in total. The molecule has 0 bridgehead atoms. The van der Waals surface area contributed by atoms with Gasteiger partial charge in [-0.2, -0.15) is 0 Å². The fourth-order valence-electron chi connectivity index (χ4n) is 2.40. The zero-order chi connectivity index (χ0) is 14.4. The number of fused-ring (bicyclic) bond motifs is 1. The lowest BCUT2D eigenvalue weighted by atomic mass is 10.1. The number of nitrogens with two attached hydrogens (primary N) is 1. The van der Waals surface area contributed by atoms with Crippen LogP contribution in [0.1, 0.15) is 5.56 Å². The number of aryl methyl sites for hydroxylation is 1. The Bertz CT molecular complexity index is 899. The number of thiophene rings is 1. The maximum absolute atomic E-state index is 6.37. The lowest BCUT2D eigenvalue weighted by Crippen LogP contribution is -1.94. The molecule has 3 heterocycles. The summed E-state index contributed by atoms with van der Waals surface area (Å²) in [5.74, 6) is 0.707. The predicted octanol–water partition coefficient (Wildman–Crippen LogP) is 4.68. The second kappa shape index (κ2) is 4.72. The third-order valence-corrected chi connectivity index (χ3v) is 5.22. The van der Waals surface area contributed by atoms with Crippen LogP contribution in [0.5, 0.6) is 0 Å². The fraction of sp³-hybridized carbons (Fsp3) is 0.0625. The van der Waals surface area contributed by atoms with E-state index in [2.05, 4.69) is 54.1 Å². The van der Waals surface area contributed by atoms with Crippen molar-refractivity contribution >= 4 is 33.5 Å². The maximum Gasteiger partial charge on any atom is 0.196 e. The quantitative estimate of drug-likeness (QED) is 0.584. The SMILES string of the molecule is Cc1ccc(-c2nc3scc(-c4cccs4)n3c2N)cc1. The molecular weight excluding hydrogens is 298 g/mol. The number of imidazole rings is 1. The molecule has 0 spiro atoms. The number of hydrogen-bond acceptors (Lipinski definition) is 4. The molecule has 4 rings (SSSR count). The minimum absolute atomic E-state index is 0.707. The Morgan fingerprint density at radius 2 is 1.90 bits per heavy atom. The Kier molecular flexibility index (Phi) is 2.83. The average molecular weight is 311 g/mol. The lowest BCUT2D eigenvalue weighted by molar-refractivity contribution is 1.25. The number of anilines is 1. The Morgan fingerprint density at radius 3 is 2.62 bits per heavy atom. The minimum Gasteiger partial charge on any atom is -0.383 e. The molecule has 21 heavy (non-hydrogen) atoms. The van der Waals surface area contributed by atoms with Crippen molar-refractivity contribution in [1.29, 1.82) is 0 Å². The average Bonchev–Trinajstić information content (AvgIpc) is 3.18. The van der Waals surface area contributed by atoms with Crippen LogP contribution < -0.4 is 5.73 Å². The molecule has 0 unspecified atom stereocenters. The first-order valence-corrected chi connectivity index (χ1v) is 8.36. The van der Waals surface area contributed by atoms with Gasteiger partial charge in [-0.15, -0.1) is 22.7 Å². The lowest BCUT2D eigenvalue weighted by Gasteiger charge is -2.02. The van der Waals surface area contributed by atoms with Crippen LogP contribution in [0.4, 0.5) is 5.82 Å². The summed E-state index contributed by atoms with van der Waals surface area (Å²) < 4.78 is 2.05. The summed E-state index contributed by atoms with van der Waals surface area (Å²) >= 11 is 3.34. The number of nitrogens with zero attached hydrogens (tertiary/aromatic N) is 2. The van der Waals surface area contributed by atoms with E-state index in [0.29, 0.717) is 5.82 Å². The van der Waals surface area contributed by atoms with Crippen molar-refractivity contribution in [3.05, 3.63) is 52.7 Å². The second-order valence-corrected chi connectivity index (χ2v) is 6.71. The third kappa shape index (κ3) is 1.97. The molecule has 5 heteroatoms. The Hall–Kier alpha value is -2.11. The summed E-state index contributed by atoms with van der Waals surface area (Å²) in [6.45, 7) is 2.08. The number of aromatic nitrogens is 2. The summed E-state index contributed by atoms with van der Waals surface area (Å²) in [5.41, 5.74) is 10.6. The van der Waals surface area contributed by atoms with Gasteiger partial charge in [0, 0.05) is 10.9 Å². The highest BCUT2D eigenvalue weighted by Gasteiger charge is 2.16. The van der Waals surface area contributed by atoms with Crippen molar-refractivity contribution in [3.8, 4) is 21.8 Å². The van der Waals surface area contributed by atoms with Gasteiger partial charge in [0.2, 0.25) is 0 Å². The van der Waals surface area contributed by atoms with Crippen molar-refractivity contribution in [2.75, 3.05) is 5.73 Å². The largest absolute Gasteiger partial charge is 0.383 e. The number of thiazole rings is 1. The van der Waals surface area contributed by atoms with Gasteiger partial charge in [-0.05, 0) is 18.4 Å². The van der Waals surface area contributed by atoms with E-state index in [4.69, 9.17) is 10.7 Å². The molecule has 1 aromatic carbocycles. The van der Waals surface area contributed by atoms with Crippen LogP contribution in [0.25, 0.3) is 26.8 Å². The molecule has 0 aliphatic carbocycles. The summed E-state index contributed by atoms with van der Waals surface area (Å²) in [6.07, 6.45) is 0. The highest BCUT2D eigenvalue weighted by Crippen LogP contribution is 2.35. The standard InChI is InChI=1S/C16H13N3S2/c1-10-4-6-11(7-5-10)14-15(17)19-12(9-21-16(19)18-14)13-3-2-8-20-13/h2-9H,17H2,1H3. The van der Waals surface area contributed by atoms with Crippen LogP contribution in [-0.4, -0.2) is 9.38 Å². The number of nitrogen functional groups attached to an aromatic ring is 1. The highest BCUT2D eigenvalue weighted by atomic mass is 32.1. The number of benzene rings is 1. The molecule has 4 aromatic rings. The van der Waals surface area contributed by atoms with Gasteiger partial charge in [-0.3, -0.25) is 4.40 Å². The summed E-state index contributed by atoms with van der Waals surface area (Å²) in [5, 5.41) is 4.19. The van der Waals surface area contributed by atoms with E-state index in [1.807, 2.05) is 4.40 Å². The van der Waals surface area contributed by atoms with Gasteiger partial charge in [-0.1, -0.05) is 35.9 Å². The maximum atomic E-state index is 6.37. The van der Waals surface area contributed by atoms with Crippen molar-refractivity contribution in [3.63, 3.8) is 0 Å². The third-order valence-electron chi connectivity index (χ3n) is 3.50. The van der Waals surface area contributed by atoms with Crippen LogP contribution in [0.3, 0.4) is 0 Å². The molecule has 0 saturated heterocycles. The zero-order valence-electron chi connectivity index (χ0n) is 11.4. The predicted molar refractivity (Wildman–Crippen MR) is 91.0 cm³/mol. The van der Waals surface area contributed by atoms with Gasteiger partial charge in [0.15, 0.2) is 4.96 Å². The normalized spacial score (nSPS) is 11.3. The molecule has 3 nitrogen and oxygen atoms in total. The monoisotopic (exact) mass is 311 g/mol. The molecular formula is C16H13N3S2. The van der Waals surface area contributed by atoms with Gasteiger partial charge in [-0.25, -0.2) is 4.98 Å². The van der Waals surface area contributed by atoms with Crippen LogP contribution >= 0.6 is 22.7 Å². The van der Waals surface area contributed by atoms with Crippen molar-refractivity contribution in [2.24, 2.45) is 0 Å². The Morgan fingerprint density at radius 1 is 1.10 bits per heavy atom. The van der Waals surface area contributed by atoms with E-state index in [1.54, 1.807) is 22.7 Å². The molecule has 104 valence electrons. The first-order valence-electron chi connectivity index (χ1n) is 6.60. The van der Waals surface area contributed by atoms with Gasteiger partial charge < -0.3 is 5.73 Å². The van der Waals surface area contributed by atoms with E-state index in [9.17, 15) is 0 Å². The molecule has 0 saturated carbocycles. The first-order chi connectivity index (χ1) is 10.2. The zero-order valence-corrected chi connectivity index (χ0v) is 13.0. The van der Waals surface area contributed by atoms with E-state index in [-0.39, 0.29) is 0 Å². The topological polar surface area (TPSA) is 43.3 Å². The Labute approximate surface area is 130 Å². The minimum atomic E-state index is 0.707. The summed E-state index contributed by atoms with van der Waals surface area (Å²) in [7, 11) is 0. The van der Waals surface area contributed by atoms with Crippen LogP contribution in [0.15, 0.2) is 47.2 Å². The molecule has 0 aliphatic heterocycles.